The number of rotatable bonds is 4. The van der Waals surface area contributed by atoms with Crippen LogP contribution in [0.1, 0.15) is 18.4 Å². The molecule has 1 saturated carbocycles. The Morgan fingerprint density at radius 1 is 0.897 bits per heavy atom. The second-order valence-corrected chi connectivity index (χ2v) is 10.5. The Hall–Kier alpha value is -1.25. The highest BCUT2D eigenvalue weighted by molar-refractivity contribution is 9.12. The van der Waals surface area contributed by atoms with Crippen molar-refractivity contribution in [2.75, 3.05) is 32.7 Å². The number of hydrogen-bond donors (Lipinski definition) is 0. The SMILES string of the molecule is O=C(CN1C(=O)[C@H]2C[C@@H](Br)[C@@H](Br)C[C@H]2C1=O)N1CCN(Cc2ccccc2)CC1. The average molecular weight is 527 g/mol. The fraction of sp³-hybridized carbons (Fsp3) is 0.571. The summed E-state index contributed by atoms with van der Waals surface area (Å²) >= 11 is 7.18. The molecule has 6 nitrogen and oxygen atoms in total. The molecule has 4 atom stereocenters. The number of nitrogens with zero attached hydrogens (tertiary/aromatic N) is 3. The zero-order chi connectivity index (χ0) is 20.5. The highest BCUT2D eigenvalue weighted by atomic mass is 79.9. The molecule has 1 aromatic carbocycles. The van der Waals surface area contributed by atoms with Crippen LogP contribution in [0.2, 0.25) is 0 Å². The van der Waals surface area contributed by atoms with Gasteiger partial charge in [0.2, 0.25) is 17.7 Å². The van der Waals surface area contributed by atoms with E-state index < -0.39 is 0 Å². The molecule has 3 amide bonds. The first-order valence-electron chi connectivity index (χ1n) is 10.1. The number of halogens is 2. The summed E-state index contributed by atoms with van der Waals surface area (Å²) in [5.74, 6) is -1.08. The van der Waals surface area contributed by atoms with E-state index in [1.807, 2.05) is 18.2 Å². The van der Waals surface area contributed by atoms with Crippen LogP contribution in [-0.2, 0) is 20.9 Å². The predicted octanol–water partition coefficient (Wildman–Crippen LogP) is 2.25. The molecule has 1 aromatic rings. The third kappa shape index (κ3) is 4.44. The van der Waals surface area contributed by atoms with Crippen molar-refractivity contribution in [2.24, 2.45) is 11.8 Å². The van der Waals surface area contributed by atoms with Crippen molar-refractivity contribution >= 4 is 49.6 Å². The minimum Gasteiger partial charge on any atom is -0.339 e. The summed E-state index contributed by atoms with van der Waals surface area (Å²) in [6, 6.07) is 10.3. The number of piperazine rings is 1. The lowest BCUT2D eigenvalue weighted by Gasteiger charge is -2.35. The molecule has 156 valence electrons. The smallest absolute Gasteiger partial charge is 0.242 e. The minimum atomic E-state index is -0.295. The lowest BCUT2D eigenvalue weighted by molar-refractivity contribution is -0.147. The summed E-state index contributed by atoms with van der Waals surface area (Å²) < 4.78 is 0. The molecular formula is C21H25Br2N3O3. The van der Waals surface area contributed by atoms with E-state index in [2.05, 4.69) is 48.9 Å². The molecular weight excluding hydrogens is 502 g/mol. The predicted molar refractivity (Wildman–Crippen MR) is 117 cm³/mol. The van der Waals surface area contributed by atoms with Gasteiger partial charge in [0, 0.05) is 42.4 Å². The molecule has 2 heterocycles. The number of alkyl halides is 2. The standard InChI is InChI=1S/C21H25Br2N3O3/c22-17-10-15-16(11-18(17)23)21(29)26(20(15)28)13-19(27)25-8-6-24(7-9-25)12-14-4-2-1-3-5-14/h1-5,15-18H,6-13H2/t15-,16+,17+,18-. The fourth-order valence-electron chi connectivity index (χ4n) is 4.55. The Balaban J connectivity index is 1.31. The van der Waals surface area contributed by atoms with Gasteiger partial charge in [0.1, 0.15) is 6.54 Å². The van der Waals surface area contributed by atoms with Crippen LogP contribution < -0.4 is 0 Å². The van der Waals surface area contributed by atoms with Gasteiger partial charge >= 0.3 is 0 Å². The molecule has 0 unspecified atom stereocenters. The van der Waals surface area contributed by atoms with E-state index in [-0.39, 0.29) is 45.8 Å². The van der Waals surface area contributed by atoms with Crippen LogP contribution in [-0.4, -0.2) is 74.8 Å². The Labute approximate surface area is 187 Å². The zero-order valence-electron chi connectivity index (χ0n) is 16.2. The van der Waals surface area contributed by atoms with Gasteiger partial charge in [0.15, 0.2) is 0 Å². The molecule has 0 bridgehead atoms. The lowest BCUT2D eigenvalue weighted by atomic mass is 9.81. The van der Waals surface area contributed by atoms with Crippen molar-refractivity contribution in [1.82, 2.24) is 14.7 Å². The van der Waals surface area contributed by atoms with Gasteiger partial charge in [-0.2, -0.15) is 0 Å². The van der Waals surface area contributed by atoms with Gasteiger partial charge in [-0.15, -0.1) is 0 Å². The summed E-state index contributed by atoms with van der Waals surface area (Å²) in [5, 5.41) is 0. The van der Waals surface area contributed by atoms with Gasteiger partial charge in [-0.05, 0) is 18.4 Å². The Morgan fingerprint density at radius 3 is 2.00 bits per heavy atom. The van der Waals surface area contributed by atoms with Crippen molar-refractivity contribution < 1.29 is 14.4 Å². The van der Waals surface area contributed by atoms with Crippen LogP contribution in [0.4, 0.5) is 0 Å². The number of likely N-dealkylation sites (tertiary alicyclic amines) is 1. The maximum absolute atomic E-state index is 12.8. The normalized spacial score (nSPS) is 30.6. The topological polar surface area (TPSA) is 60.9 Å². The summed E-state index contributed by atoms with van der Waals surface area (Å²) in [6.07, 6.45) is 1.27. The lowest BCUT2D eigenvalue weighted by Crippen LogP contribution is -2.51. The van der Waals surface area contributed by atoms with Crippen molar-refractivity contribution in [3.05, 3.63) is 35.9 Å². The van der Waals surface area contributed by atoms with Crippen LogP contribution in [0.25, 0.3) is 0 Å². The summed E-state index contributed by atoms with van der Waals surface area (Å²) in [6.45, 7) is 3.60. The highest BCUT2D eigenvalue weighted by Gasteiger charge is 2.52. The van der Waals surface area contributed by atoms with E-state index in [0.29, 0.717) is 25.9 Å². The largest absolute Gasteiger partial charge is 0.339 e. The molecule has 0 radical (unpaired) electrons. The van der Waals surface area contributed by atoms with Crippen LogP contribution >= 0.6 is 31.9 Å². The maximum Gasteiger partial charge on any atom is 0.242 e. The quantitative estimate of drug-likeness (QED) is 0.446. The van der Waals surface area contributed by atoms with E-state index in [1.54, 1.807) is 4.90 Å². The first-order chi connectivity index (χ1) is 13.9. The van der Waals surface area contributed by atoms with Gasteiger partial charge in [-0.25, -0.2) is 0 Å². The van der Waals surface area contributed by atoms with Crippen LogP contribution in [0.15, 0.2) is 30.3 Å². The number of benzene rings is 1. The Kier molecular flexibility index (Phi) is 6.41. The number of hydrogen-bond acceptors (Lipinski definition) is 4. The molecule has 0 aromatic heterocycles. The molecule has 0 N–H and O–H groups in total. The molecule has 2 saturated heterocycles. The van der Waals surface area contributed by atoms with Crippen molar-refractivity contribution in [2.45, 2.75) is 29.0 Å². The highest BCUT2D eigenvalue weighted by Crippen LogP contribution is 2.43. The van der Waals surface area contributed by atoms with Gasteiger partial charge in [-0.1, -0.05) is 62.2 Å². The number of amides is 3. The number of carbonyl (C=O) groups is 3. The minimum absolute atomic E-state index is 0.122. The molecule has 3 fully saturated rings. The van der Waals surface area contributed by atoms with E-state index in [4.69, 9.17) is 0 Å². The number of carbonyl (C=O) groups excluding carboxylic acids is 3. The molecule has 1 aliphatic carbocycles. The summed E-state index contributed by atoms with van der Waals surface area (Å²) in [5.41, 5.74) is 1.26. The van der Waals surface area contributed by atoms with Crippen molar-refractivity contribution in [1.29, 1.82) is 0 Å². The number of imide groups is 1. The molecule has 2 aliphatic heterocycles. The van der Waals surface area contributed by atoms with Gasteiger partial charge in [0.05, 0.1) is 11.8 Å². The van der Waals surface area contributed by atoms with Gasteiger partial charge in [0.25, 0.3) is 0 Å². The van der Waals surface area contributed by atoms with Crippen LogP contribution in [0.3, 0.4) is 0 Å². The molecule has 4 rings (SSSR count). The first kappa shape index (κ1) is 21.0. The third-order valence-electron chi connectivity index (χ3n) is 6.27. The first-order valence-corrected chi connectivity index (χ1v) is 11.9. The maximum atomic E-state index is 12.8. The van der Waals surface area contributed by atoms with Crippen LogP contribution in [0, 0.1) is 11.8 Å². The van der Waals surface area contributed by atoms with E-state index in [1.165, 1.54) is 10.5 Å². The average Bonchev–Trinajstić information content (AvgIpc) is 2.94. The molecule has 3 aliphatic rings. The Morgan fingerprint density at radius 2 is 1.45 bits per heavy atom. The van der Waals surface area contributed by atoms with E-state index in [9.17, 15) is 14.4 Å². The van der Waals surface area contributed by atoms with Gasteiger partial charge in [-0.3, -0.25) is 24.2 Å². The fourth-order valence-corrected chi connectivity index (χ4v) is 5.79. The number of fused-ring (bicyclic) bond motifs is 1. The van der Waals surface area contributed by atoms with E-state index >= 15 is 0 Å². The zero-order valence-corrected chi connectivity index (χ0v) is 19.3. The summed E-state index contributed by atoms with van der Waals surface area (Å²) in [7, 11) is 0. The third-order valence-corrected chi connectivity index (χ3v) is 9.00. The monoisotopic (exact) mass is 525 g/mol. The van der Waals surface area contributed by atoms with Crippen molar-refractivity contribution in [3.8, 4) is 0 Å². The van der Waals surface area contributed by atoms with Crippen molar-refractivity contribution in [3.63, 3.8) is 0 Å². The summed E-state index contributed by atoms with van der Waals surface area (Å²) in [4.78, 5) is 44.0. The second-order valence-electron chi connectivity index (χ2n) is 8.12. The molecule has 29 heavy (non-hydrogen) atoms. The second kappa shape index (κ2) is 8.86. The molecule has 8 heteroatoms. The van der Waals surface area contributed by atoms with E-state index in [0.717, 1.165) is 19.6 Å². The molecule has 0 spiro atoms. The van der Waals surface area contributed by atoms with Crippen LogP contribution in [0.5, 0.6) is 0 Å². The van der Waals surface area contributed by atoms with Gasteiger partial charge < -0.3 is 4.90 Å². The Bertz CT molecular complexity index is 755.